The molecule has 0 bridgehead atoms. The third-order valence-corrected chi connectivity index (χ3v) is 5.90. The standard InChI is InChI=1S/C23H28N4O2S/c1-16-7-5-9-19(13-16)24-22(28)15-30-23-26-25-21(27(23)3)10-6-8-18-11-12-20(29-4)17(2)14-18/h5,7,9,11-14H,6,8,10,15H2,1-4H3,(H,24,28). The average Bonchev–Trinajstić information content (AvgIpc) is 3.06. The Morgan fingerprint density at radius 2 is 1.97 bits per heavy atom. The lowest BCUT2D eigenvalue weighted by atomic mass is 10.0. The van der Waals surface area contributed by atoms with E-state index in [1.807, 2.05) is 48.9 Å². The van der Waals surface area contributed by atoms with E-state index in [-0.39, 0.29) is 5.91 Å². The number of anilines is 1. The third kappa shape index (κ3) is 5.86. The molecule has 1 N–H and O–H groups in total. The van der Waals surface area contributed by atoms with Gasteiger partial charge in [-0.05, 0) is 61.6 Å². The van der Waals surface area contributed by atoms with E-state index in [1.54, 1.807) is 7.11 Å². The zero-order chi connectivity index (χ0) is 21.5. The van der Waals surface area contributed by atoms with Crippen molar-refractivity contribution in [3.05, 3.63) is 65.0 Å². The van der Waals surface area contributed by atoms with Crippen molar-refractivity contribution < 1.29 is 9.53 Å². The van der Waals surface area contributed by atoms with Crippen molar-refractivity contribution in [2.45, 2.75) is 38.3 Å². The summed E-state index contributed by atoms with van der Waals surface area (Å²) >= 11 is 1.40. The summed E-state index contributed by atoms with van der Waals surface area (Å²) in [5, 5.41) is 12.2. The van der Waals surface area contributed by atoms with Gasteiger partial charge in [0.2, 0.25) is 5.91 Å². The molecule has 0 aliphatic rings. The number of benzene rings is 2. The van der Waals surface area contributed by atoms with Gasteiger partial charge in [-0.25, -0.2) is 0 Å². The normalized spacial score (nSPS) is 10.8. The number of amides is 1. The molecule has 1 amide bonds. The van der Waals surface area contributed by atoms with Crippen LogP contribution in [0.3, 0.4) is 0 Å². The molecule has 3 aromatic rings. The summed E-state index contributed by atoms with van der Waals surface area (Å²) in [6.45, 7) is 4.06. The number of nitrogens with zero attached hydrogens (tertiary/aromatic N) is 3. The van der Waals surface area contributed by atoms with E-state index < -0.39 is 0 Å². The molecule has 3 rings (SSSR count). The number of carbonyl (C=O) groups excluding carboxylic acids is 1. The topological polar surface area (TPSA) is 69.0 Å². The second-order valence-corrected chi connectivity index (χ2v) is 8.26. The van der Waals surface area contributed by atoms with Gasteiger partial charge < -0.3 is 14.6 Å². The third-order valence-electron chi connectivity index (χ3n) is 4.88. The van der Waals surface area contributed by atoms with Crippen molar-refractivity contribution in [2.75, 3.05) is 18.2 Å². The zero-order valence-electron chi connectivity index (χ0n) is 17.9. The van der Waals surface area contributed by atoms with Crippen molar-refractivity contribution in [3.63, 3.8) is 0 Å². The molecule has 7 heteroatoms. The zero-order valence-corrected chi connectivity index (χ0v) is 18.8. The van der Waals surface area contributed by atoms with Crippen LogP contribution in [0, 0.1) is 13.8 Å². The summed E-state index contributed by atoms with van der Waals surface area (Å²) in [6.07, 6.45) is 2.79. The minimum Gasteiger partial charge on any atom is -0.496 e. The van der Waals surface area contributed by atoms with Gasteiger partial charge in [0.15, 0.2) is 5.16 Å². The molecule has 0 aliphatic carbocycles. The Morgan fingerprint density at radius 3 is 2.70 bits per heavy atom. The summed E-state index contributed by atoms with van der Waals surface area (Å²) in [4.78, 5) is 12.2. The summed E-state index contributed by atoms with van der Waals surface area (Å²) in [6, 6.07) is 14.1. The fourth-order valence-corrected chi connectivity index (χ4v) is 4.02. The van der Waals surface area contributed by atoms with Crippen molar-refractivity contribution >= 4 is 23.4 Å². The SMILES string of the molecule is COc1ccc(CCCc2nnc(SCC(=O)Nc3cccc(C)c3)n2C)cc1C. The van der Waals surface area contributed by atoms with E-state index in [0.29, 0.717) is 5.75 Å². The van der Waals surface area contributed by atoms with Crippen molar-refractivity contribution in [1.29, 1.82) is 0 Å². The molecule has 0 unspecified atom stereocenters. The van der Waals surface area contributed by atoms with E-state index in [4.69, 9.17) is 4.74 Å². The van der Waals surface area contributed by atoms with Crippen LogP contribution in [0.2, 0.25) is 0 Å². The molecule has 0 aliphatic heterocycles. The minimum atomic E-state index is -0.0509. The Morgan fingerprint density at radius 1 is 1.13 bits per heavy atom. The van der Waals surface area contributed by atoms with Gasteiger partial charge in [0.1, 0.15) is 11.6 Å². The van der Waals surface area contributed by atoms with Gasteiger partial charge in [0, 0.05) is 19.2 Å². The molecule has 158 valence electrons. The quantitative estimate of drug-likeness (QED) is 0.517. The number of carbonyl (C=O) groups is 1. The monoisotopic (exact) mass is 424 g/mol. The molecular weight excluding hydrogens is 396 g/mol. The first-order valence-electron chi connectivity index (χ1n) is 9.97. The molecule has 1 aromatic heterocycles. The van der Waals surface area contributed by atoms with E-state index in [9.17, 15) is 4.79 Å². The number of hydrogen-bond acceptors (Lipinski definition) is 5. The van der Waals surface area contributed by atoms with Crippen molar-refractivity contribution in [2.24, 2.45) is 7.05 Å². The average molecular weight is 425 g/mol. The van der Waals surface area contributed by atoms with Gasteiger partial charge >= 0.3 is 0 Å². The van der Waals surface area contributed by atoms with Crippen LogP contribution in [-0.2, 0) is 24.7 Å². The summed E-state index contributed by atoms with van der Waals surface area (Å²) in [5.74, 6) is 2.09. The highest BCUT2D eigenvalue weighted by Crippen LogP contribution is 2.21. The largest absolute Gasteiger partial charge is 0.496 e. The summed E-state index contributed by atoms with van der Waals surface area (Å²) in [7, 11) is 3.64. The highest BCUT2D eigenvalue weighted by Gasteiger charge is 2.12. The number of hydrogen-bond donors (Lipinski definition) is 1. The second kappa shape index (κ2) is 10.3. The van der Waals surface area contributed by atoms with Crippen LogP contribution < -0.4 is 10.1 Å². The highest BCUT2D eigenvalue weighted by atomic mass is 32.2. The van der Waals surface area contributed by atoms with Crippen LogP contribution in [0.4, 0.5) is 5.69 Å². The number of methoxy groups -OCH3 is 1. The lowest BCUT2D eigenvalue weighted by Gasteiger charge is -2.08. The maximum Gasteiger partial charge on any atom is 0.234 e. The van der Waals surface area contributed by atoms with Crippen molar-refractivity contribution in [1.82, 2.24) is 14.8 Å². The Bertz CT molecular complexity index is 1020. The second-order valence-electron chi connectivity index (χ2n) is 7.32. The molecule has 2 aromatic carbocycles. The van der Waals surface area contributed by atoms with E-state index >= 15 is 0 Å². The molecule has 0 spiro atoms. The van der Waals surface area contributed by atoms with Crippen LogP contribution in [-0.4, -0.2) is 33.5 Å². The molecule has 0 radical (unpaired) electrons. The van der Waals surface area contributed by atoms with Gasteiger partial charge in [-0.1, -0.05) is 36.0 Å². The fraction of sp³-hybridized carbons (Fsp3) is 0.348. The Labute approximate surface area is 182 Å². The predicted octanol–water partition coefficient (Wildman–Crippen LogP) is 4.35. The molecule has 0 fully saturated rings. The Balaban J connectivity index is 1.48. The lowest BCUT2D eigenvalue weighted by Crippen LogP contribution is -2.14. The predicted molar refractivity (Wildman–Crippen MR) is 121 cm³/mol. The highest BCUT2D eigenvalue weighted by molar-refractivity contribution is 7.99. The fourth-order valence-electron chi connectivity index (χ4n) is 3.29. The van der Waals surface area contributed by atoms with Gasteiger partial charge in [0.05, 0.1) is 12.9 Å². The first kappa shape index (κ1) is 21.9. The number of aryl methyl sites for hydroxylation is 4. The van der Waals surface area contributed by atoms with Gasteiger partial charge in [-0.15, -0.1) is 10.2 Å². The Hall–Kier alpha value is -2.80. The van der Waals surface area contributed by atoms with E-state index in [1.165, 1.54) is 17.3 Å². The van der Waals surface area contributed by atoms with Crippen molar-refractivity contribution in [3.8, 4) is 5.75 Å². The molecule has 1 heterocycles. The molecule has 0 atom stereocenters. The number of rotatable bonds is 9. The van der Waals surface area contributed by atoms with Gasteiger partial charge in [-0.2, -0.15) is 0 Å². The number of aromatic nitrogens is 3. The molecule has 6 nitrogen and oxygen atoms in total. The maximum absolute atomic E-state index is 12.2. The van der Waals surface area contributed by atoms with Crippen LogP contribution in [0.25, 0.3) is 0 Å². The lowest BCUT2D eigenvalue weighted by molar-refractivity contribution is -0.113. The maximum atomic E-state index is 12.2. The van der Waals surface area contributed by atoms with E-state index in [0.717, 1.165) is 52.8 Å². The van der Waals surface area contributed by atoms with Crippen LogP contribution in [0.1, 0.15) is 28.9 Å². The Kier molecular flexibility index (Phi) is 7.52. The molecule has 30 heavy (non-hydrogen) atoms. The summed E-state index contributed by atoms with van der Waals surface area (Å²) < 4.78 is 7.29. The summed E-state index contributed by atoms with van der Waals surface area (Å²) in [5.41, 5.74) is 4.37. The molecular formula is C23H28N4O2S. The first-order valence-corrected chi connectivity index (χ1v) is 11.0. The van der Waals surface area contributed by atoms with Gasteiger partial charge in [0.25, 0.3) is 0 Å². The first-order chi connectivity index (χ1) is 14.5. The van der Waals surface area contributed by atoms with Gasteiger partial charge in [-0.3, -0.25) is 4.79 Å². The molecule has 0 saturated carbocycles. The number of thioether (sulfide) groups is 1. The smallest absolute Gasteiger partial charge is 0.234 e. The minimum absolute atomic E-state index is 0.0509. The molecule has 0 saturated heterocycles. The van der Waals surface area contributed by atoms with Crippen LogP contribution in [0.15, 0.2) is 47.6 Å². The van der Waals surface area contributed by atoms with Crippen LogP contribution >= 0.6 is 11.8 Å². The number of nitrogens with one attached hydrogen (secondary N) is 1. The van der Waals surface area contributed by atoms with E-state index in [2.05, 4.69) is 34.6 Å². The van der Waals surface area contributed by atoms with Crippen LogP contribution in [0.5, 0.6) is 5.75 Å². The number of ether oxygens (including phenoxy) is 1.